The van der Waals surface area contributed by atoms with E-state index in [-0.39, 0.29) is 16.5 Å². The lowest BCUT2D eigenvalue weighted by molar-refractivity contribution is -0.384. The minimum atomic E-state index is -0.313. The molecule has 4 heteroatoms. The summed E-state index contributed by atoms with van der Waals surface area (Å²) in [7, 11) is 0. The number of aryl methyl sites for hydroxylation is 1. The van der Waals surface area contributed by atoms with Gasteiger partial charge in [0.05, 0.1) is 10.5 Å². The lowest BCUT2D eigenvalue weighted by atomic mass is 9.81. The number of hydrogen-bond acceptors (Lipinski definition) is 3. The van der Waals surface area contributed by atoms with Crippen LogP contribution >= 0.6 is 0 Å². The molecule has 0 aliphatic heterocycles. The molecule has 1 aliphatic rings. The Bertz CT molecular complexity index is 1190. The Labute approximate surface area is 187 Å². The zero-order valence-electron chi connectivity index (χ0n) is 17.9. The molecule has 0 fully saturated rings. The van der Waals surface area contributed by atoms with Crippen molar-refractivity contribution in [3.05, 3.63) is 123 Å². The second-order valence-electron chi connectivity index (χ2n) is 8.34. The largest absolute Gasteiger partial charge is 0.460 e. The molecule has 0 spiro atoms. The number of fused-ring (bicyclic) bond motifs is 1. The molecule has 4 nitrogen and oxygen atoms in total. The minimum Gasteiger partial charge on any atom is -0.460 e. The highest BCUT2D eigenvalue weighted by molar-refractivity contribution is 5.75. The van der Waals surface area contributed by atoms with E-state index >= 15 is 0 Å². The lowest BCUT2D eigenvalue weighted by Crippen LogP contribution is -2.07. The molecule has 1 aromatic heterocycles. The van der Waals surface area contributed by atoms with Crippen molar-refractivity contribution >= 4 is 5.69 Å². The molecule has 3 aromatic carbocycles. The molecule has 0 unspecified atom stereocenters. The fourth-order valence-corrected chi connectivity index (χ4v) is 4.91. The van der Waals surface area contributed by atoms with E-state index < -0.39 is 0 Å². The summed E-state index contributed by atoms with van der Waals surface area (Å²) in [5.41, 5.74) is 5.26. The second kappa shape index (κ2) is 8.83. The molecular formula is C28H25NO3. The summed E-state index contributed by atoms with van der Waals surface area (Å²) in [5.74, 6) is 1.57. The lowest BCUT2D eigenvalue weighted by Gasteiger charge is -2.20. The monoisotopic (exact) mass is 423 g/mol. The zero-order valence-corrected chi connectivity index (χ0v) is 17.9. The zero-order chi connectivity index (χ0) is 21.9. The van der Waals surface area contributed by atoms with E-state index in [2.05, 4.69) is 48.5 Å². The Hall–Kier alpha value is -3.66. The van der Waals surface area contributed by atoms with Gasteiger partial charge in [-0.3, -0.25) is 10.1 Å². The number of furan rings is 1. The number of nitro benzene ring substituents is 1. The second-order valence-corrected chi connectivity index (χ2v) is 8.34. The van der Waals surface area contributed by atoms with Crippen molar-refractivity contribution in [2.45, 2.75) is 38.0 Å². The predicted octanol–water partition coefficient (Wildman–Crippen LogP) is 7.30. The molecule has 0 saturated carbocycles. The smallest absolute Gasteiger partial charge is 0.280 e. The van der Waals surface area contributed by atoms with Crippen LogP contribution in [0.1, 0.15) is 53.2 Å². The topological polar surface area (TPSA) is 56.3 Å². The highest BCUT2D eigenvalue weighted by Gasteiger charge is 2.32. The Morgan fingerprint density at radius 1 is 0.750 bits per heavy atom. The number of nitrogens with zero attached hydrogens (tertiary/aromatic N) is 1. The summed E-state index contributed by atoms with van der Waals surface area (Å²) in [6.45, 7) is 0. The molecule has 1 heterocycles. The molecule has 5 rings (SSSR count). The van der Waals surface area contributed by atoms with E-state index in [0.717, 1.165) is 48.1 Å². The maximum Gasteiger partial charge on any atom is 0.280 e. The minimum absolute atomic E-state index is 0.0576. The third kappa shape index (κ3) is 3.73. The SMILES string of the molecule is O=[N+]([O-])c1ccccc1-c1oc2c(c1C(c1ccccc1)c1ccccc1)CCCCC2. The number of hydrogen-bond donors (Lipinski definition) is 0. The molecule has 1 aliphatic carbocycles. The summed E-state index contributed by atoms with van der Waals surface area (Å²) in [5, 5.41) is 11.9. The van der Waals surface area contributed by atoms with Gasteiger partial charge in [0, 0.05) is 24.0 Å². The van der Waals surface area contributed by atoms with Crippen LogP contribution in [-0.2, 0) is 12.8 Å². The first-order valence-electron chi connectivity index (χ1n) is 11.2. The highest BCUT2D eigenvalue weighted by atomic mass is 16.6. The molecular weight excluding hydrogens is 398 g/mol. The standard InChI is InChI=1S/C28H25NO3/c30-29(31)24-18-11-10-16-22(24)28-27(23-17-8-3-9-19-25(23)32-28)26(20-12-4-1-5-13-20)21-14-6-2-7-15-21/h1-2,4-7,10-16,18,26H,3,8-9,17,19H2. The fourth-order valence-electron chi connectivity index (χ4n) is 4.91. The predicted molar refractivity (Wildman–Crippen MR) is 126 cm³/mol. The van der Waals surface area contributed by atoms with Crippen LogP contribution < -0.4 is 0 Å². The van der Waals surface area contributed by atoms with E-state index in [1.807, 2.05) is 24.3 Å². The van der Waals surface area contributed by atoms with Gasteiger partial charge in [-0.1, -0.05) is 79.2 Å². The number of nitro groups is 1. The van der Waals surface area contributed by atoms with Crippen LogP contribution in [0.15, 0.2) is 89.3 Å². The molecule has 0 radical (unpaired) electrons. The van der Waals surface area contributed by atoms with Crippen molar-refractivity contribution in [2.75, 3.05) is 0 Å². The van der Waals surface area contributed by atoms with Crippen LogP contribution in [0.25, 0.3) is 11.3 Å². The average molecular weight is 424 g/mol. The van der Waals surface area contributed by atoms with Gasteiger partial charge < -0.3 is 4.42 Å². The van der Waals surface area contributed by atoms with Crippen molar-refractivity contribution in [2.24, 2.45) is 0 Å². The van der Waals surface area contributed by atoms with E-state index in [1.165, 1.54) is 12.0 Å². The van der Waals surface area contributed by atoms with Crippen molar-refractivity contribution < 1.29 is 9.34 Å². The average Bonchev–Trinajstić information content (AvgIpc) is 3.02. The number of benzene rings is 3. The van der Waals surface area contributed by atoms with Crippen molar-refractivity contribution in [1.82, 2.24) is 0 Å². The Morgan fingerprint density at radius 2 is 1.34 bits per heavy atom. The van der Waals surface area contributed by atoms with Gasteiger partial charge in [0.25, 0.3) is 5.69 Å². The van der Waals surface area contributed by atoms with Crippen LogP contribution in [0.5, 0.6) is 0 Å². The third-order valence-electron chi connectivity index (χ3n) is 6.36. The Balaban J connectivity index is 1.82. The van der Waals surface area contributed by atoms with Gasteiger partial charge in [-0.15, -0.1) is 0 Å². The normalized spacial score (nSPS) is 13.5. The van der Waals surface area contributed by atoms with Crippen LogP contribution in [-0.4, -0.2) is 4.92 Å². The van der Waals surface area contributed by atoms with Crippen molar-refractivity contribution in [3.63, 3.8) is 0 Å². The Kier molecular flexibility index (Phi) is 5.59. The van der Waals surface area contributed by atoms with E-state index in [0.29, 0.717) is 11.3 Å². The summed E-state index contributed by atoms with van der Waals surface area (Å²) in [6.07, 6.45) is 5.17. The first-order chi connectivity index (χ1) is 15.7. The van der Waals surface area contributed by atoms with Crippen LogP contribution in [0.4, 0.5) is 5.69 Å². The van der Waals surface area contributed by atoms with Gasteiger partial charge in [-0.2, -0.15) is 0 Å². The quantitative estimate of drug-likeness (QED) is 0.192. The van der Waals surface area contributed by atoms with E-state index in [1.54, 1.807) is 12.1 Å². The summed E-state index contributed by atoms with van der Waals surface area (Å²) in [6, 6.07) is 27.7. The number of rotatable bonds is 5. The molecule has 0 saturated heterocycles. The molecule has 0 amide bonds. The molecule has 32 heavy (non-hydrogen) atoms. The highest BCUT2D eigenvalue weighted by Crippen LogP contribution is 2.46. The molecule has 0 N–H and O–H groups in total. The summed E-state index contributed by atoms with van der Waals surface area (Å²) < 4.78 is 6.51. The third-order valence-corrected chi connectivity index (χ3v) is 6.36. The van der Waals surface area contributed by atoms with E-state index in [4.69, 9.17) is 4.42 Å². The van der Waals surface area contributed by atoms with Crippen LogP contribution in [0.3, 0.4) is 0 Å². The van der Waals surface area contributed by atoms with Crippen molar-refractivity contribution in [1.29, 1.82) is 0 Å². The maximum atomic E-state index is 11.9. The van der Waals surface area contributed by atoms with Crippen molar-refractivity contribution in [3.8, 4) is 11.3 Å². The maximum absolute atomic E-state index is 11.9. The molecule has 0 atom stereocenters. The van der Waals surface area contributed by atoms with Gasteiger partial charge in [0.1, 0.15) is 11.5 Å². The van der Waals surface area contributed by atoms with Gasteiger partial charge in [-0.05, 0) is 42.0 Å². The first-order valence-corrected chi connectivity index (χ1v) is 11.2. The van der Waals surface area contributed by atoms with E-state index in [9.17, 15) is 10.1 Å². The van der Waals surface area contributed by atoms with Crippen LogP contribution in [0.2, 0.25) is 0 Å². The first kappa shape index (κ1) is 20.3. The van der Waals surface area contributed by atoms with Gasteiger partial charge in [0.15, 0.2) is 0 Å². The summed E-state index contributed by atoms with van der Waals surface area (Å²) >= 11 is 0. The van der Waals surface area contributed by atoms with Gasteiger partial charge in [0.2, 0.25) is 0 Å². The fraction of sp³-hybridized carbons (Fsp3) is 0.214. The van der Waals surface area contributed by atoms with Gasteiger partial charge in [-0.25, -0.2) is 0 Å². The number of para-hydroxylation sites is 1. The summed E-state index contributed by atoms with van der Waals surface area (Å²) in [4.78, 5) is 11.6. The van der Waals surface area contributed by atoms with Crippen LogP contribution in [0, 0.1) is 10.1 Å². The Morgan fingerprint density at radius 3 is 2.00 bits per heavy atom. The molecule has 4 aromatic rings. The molecule has 0 bridgehead atoms. The molecule has 160 valence electrons. The van der Waals surface area contributed by atoms with Gasteiger partial charge >= 0.3 is 0 Å².